The summed E-state index contributed by atoms with van der Waals surface area (Å²) < 4.78 is 70.5. The molecule has 14 heteroatoms. The molecular formula is C16H14F3N5O5S. The van der Waals surface area contributed by atoms with Crippen LogP contribution in [0.1, 0.15) is 11.1 Å². The van der Waals surface area contributed by atoms with Crippen molar-refractivity contribution in [1.29, 1.82) is 0 Å². The van der Waals surface area contributed by atoms with Crippen molar-refractivity contribution in [3.8, 4) is 5.88 Å². The molecule has 0 unspecified atom stereocenters. The fourth-order valence-electron chi connectivity index (χ4n) is 2.55. The van der Waals surface area contributed by atoms with Crippen molar-refractivity contribution in [3.63, 3.8) is 0 Å². The smallest absolute Gasteiger partial charge is 0.422 e. The summed E-state index contributed by atoms with van der Waals surface area (Å²) in [7, 11) is -4.50. The number of ether oxygens (including phenoxy) is 1. The van der Waals surface area contributed by atoms with Gasteiger partial charge in [0.25, 0.3) is 20.9 Å². The first-order valence-corrected chi connectivity index (χ1v) is 9.69. The summed E-state index contributed by atoms with van der Waals surface area (Å²) in [6.45, 7) is 1.41. The van der Waals surface area contributed by atoms with Gasteiger partial charge in [-0.15, -0.1) is 5.10 Å². The number of hydrogen-bond acceptors (Lipinski definition) is 7. The third-order valence-electron chi connectivity index (χ3n) is 3.84. The normalized spacial score (nSPS) is 12.2. The van der Waals surface area contributed by atoms with E-state index in [0.717, 1.165) is 10.6 Å². The summed E-state index contributed by atoms with van der Waals surface area (Å²) in [6.07, 6.45) is -4.61. The molecule has 0 aliphatic heterocycles. The van der Waals surface area contributed by atoms with Crippen molar-refractivity contribution in [1.82, 2.24) is 14.6 Å². The minimum atomic E-state index is -4.61. The average molecular weight is 445 g/mol. The second kappa shape index (κ2) is 7.44. The van der Waals surface area contributed by atoms with Gasteiger partial charge >= 0.3 is 6.18 Å². The van der Waals surface area contributed by atoms with E-state index in [9.17, 15) is 31.7 Å². The van der Waals surface area contributed by atoms with Crippen molar-refractivity contribution < 1.29 is 31.2 Å². The van der Waals surface area contributed by atoms with Gasteiger partial charge in [-0.05, 0) is 31.0 Å². The molecular weight excluding hydrogens is 431 g/mol. The number of sulfonamides is 1. The number of aromatic nitrogens is 3. The van der Waals surface area contributed by atoms with Crippen molar-refractivity contribution >= 4 is 27.0 Å². The van der Waals surface area contributed by atoms with Crippen molar-refractivity contribution in [2.45, 2.75) is 25.2 Å². The highest BCUT2D eigenvalue weighted by Gasteiger charge is 2.30. The summed E-state index contributed by atoms with van der Waals surface area (Å²) in [6, 6.07) is 6.61. The second-order valence-electron chi connectivity index (χ2n) is 6.27. The molecule has 3 aromatic rings. The lowest BCUT2D eigenvalue weighted by atomic mass is 10.2. The molecule has 0 spiro atoms. The third-order valence-corrected chi connectivity index (χ3v) is 4.96. The van der Waals surface area contributed by atoms with Crippen molar-refractivity contribution in [2.75, 3.05) is 11.3 Å². The van der Waals surface area contributed by atoms with Crippen LogP contribution in [0.2, 0.25) is 0 Å². The van der Waals surface area contributed by atoms with Crippen molar-refractivity contribution in [2.24, 2.45) is 0 Å². The van der Waals surface area contributed by atoms with E-state index in [-0.39, 0.29) is 22.8 Å². The molecule has 0 amide bonds. The molecule has 3 rings (SSSR count). The molecule has 10 nitrogen and oxygen atoms in total. The molecule has 0 saturated heterocycles. The monoisotopic (exact) mass is 445 g/mol. The SMILES string of the molecule is Cc1cc(OCC(F)(F)F)n2nc(S(=O)(=O)Nc3c(C)cccc3[N+](=O)[O-])nc2c1. The Morgan fingerprint density at radius 1 is 1.27 bits per heavy atom. The molecule has 0 saturated carbocycles. The first-order chi connectivity index (χ1) is 13.9. The average Bonchev–Trinajstić information content (AvgIpc) is 3.05. The summed E-state index contributed by atoms with van der Waals surface area (Å²) in [5, 5.41) is 14.1. The van der Waals surface area contributed by atoms with Crippen molar-refractivity contribution in [3.05, 3.63) is 51.6 Å². The fraction of sp³-hybridized carbons (Fsp3) is 0.250. The van der Waals surface area contributed by atoms with Crippen LogP contribution in [0.4, 0.5) is 24.5 Å². The Kier molecular flexibility index (Phi) is 5.28. The summed E-state index contributed by atoms with van der Waals surface area (Å²) in [5.41, 5.74) is -0.0922. The highest BCUT2D eigenvalue weighted by molar-refractivity contribution is 7.92. The van der Waals surface area contributed by atoms with Gasteiger partial charge in [0.2, 0.25) is 5.88 Å². The number of rotatable bonds is 6. The van der Waals surface area contributed by atoms with Crippen LogP contribution < -0.4 is 9.46 Å². The number of para-hydroxylation sites is 1. The fourth-order valence-corrected chi connectivity index (χ4v) is 3.58. The molecule has 2 aromatic heterocycles. The Morgan fingerprint density at radius 3 is 2.60 bits per heavy atom. The quantitative estimate of drug-likeness (QED) is 0.456. The summed E-state index contributed by atoms with van der Waals surface area (Å²) >= 11 is 0. The lowest BCUT2D eigenvalue weighted by molar-refractivity contribution is -0.383. The van der Waals surface area contributed by atoms with Crippen LogP contribution in [0.3, 0.4) is 0 Å². The van der Waals surface area contributed by atoms with Crippen LogP contribution in [0.5, 0.6) is 5.88 Å². The van der Waals surface area contributed by atoms with Crippen LogP contribution in [0.15, 0.2) is 35.5 Å². The predicted octanol–water partition coefficient (Wildman–Crippen LogP) is 3.00. The Balaban J connectivity index is 2.04. The minimum absolute atomic E-state index is 0.0770. The Labute approximate surface area is 167 Å². The number of anilines is 1. The Morgan fingerprint density at radius 2 is 1.97 bits per heavy atom. The van der Waals surface area contributed by atoms with E-state index in [1.54, 1.807) is 6.92 Å². The standard InChI is InChI=1S/C16H14F3N5O5S/c1-9-6-12-20-15(21-23(12)13(7-9)29-8-16(17,18)19)30(27,28)22-14-10(2)4-3-5-11(14)24(25)26/h3-7,22H,8H2,1-2H3. The lowest BCUT2D eigenvalue weighted by Gasteiger charge is -2.10. The summed E-state index contributed by atoms with van der Waals surface area (Å²) in [4.78, 5) is 14.3. The number of benzene rings is 1. The molecule has 2 heterocycles. The molecule has 1 N–H and O–H groups in total. The Bertz CT molecular complexity index is 1240. The van der Waals surface area contributed by atoms with E-state index in [0.29, 0.717) is 5.56 Å². The van der Waals surface area contributed by atoms with Gasteiger partial charge in [0, 0.05) is 12.1 Å². The zero-order valence-corrected chi connectivity index (χ0v) is 16.3. The molecule has 30 heavy (non-hydrogen) atoms. The number of nitro groups is 1. The maximum atomic E-state index is 12.7. The van der Waals surface area contributed by atoms with Gasteiger partial charge in [-0.25, -0.2) is 0 Å². The van der Waals surface area contributed by atoms with Crippen LogP contribution >= 0.6 is 0 Å². The van der Waals surface area contributed by atoms with Crippen LogP contribution in [-0.2, 0) is 10.0 Å². The van der Waals surface area contributed by atoms with E-state index >= 15 is 0 Å². The molecule has 0 aliphatic carbocycles. The van der Waals surface area contributed by atoms with Crippen LogP contribution in [-0.4, -0.2) is 40.7 Å². The number of aryl methyl sites for hydroxylation is 2. The van der Waals surface area contributed by atoms with Crippen LogP contribution in [0, 0.1) is 24.0 Å². The van der Waals surface area contributed by atoms with Gasteiger partial charge < -0.3 is 4.74 Å². The molecule has 0 bridgehead atoms. The van der Waals surface area contributed by atoms with Crippen LogP contribution in [0.25, 0.3) is 5.65 Å². The highest BCUT2D eigenvalue weighted by Crippen LogP contribution is 2.30. The van der Waals surface area contributed by atoms with E-state index in [1.165, 1.54) is 31.2 Å². The zero-order chi connectivity index (χ0) is 22.3. The van der Waals surface area contributed by atoms with E-state index in [4.69, 9.17) is 4.74 Å². The second-order valence-corrected chi connectivity index (χ2v) is 7.85. The van der Waals surface area contributed by atoms with Gasteiger partial charge in [-0.1, -0.05) is 12.1 Å². The minimum Gasteiger partial charge on any atom is -0.468 e. The molecule has 0 radical (unpaired) electrons. The van der Waals surface area contributed by atoms with E-state index < -0.39 is 38.6 Å². The number of nitrogens with one attached hydrogen (secondary N) is 1. The molecule has 0 aliphatic rings. The maximum absolute atomic E-state index is 12.7. The number of pyridine rings is 1. The molecule has 0 fully saturated rings. The number of nitrogens with zero attached hydrogens (tertiary/aromatic N) is 4. The number of nitro benzene ring substituents is 1. The van der Waals surface area contributed by atoms with Gasteiger partial charge in [0.05, 0.1) is 4.92 Å². The number of alkyl halides is 3. The van der Waals surface area contributed by atoms with Gasteiger partial charge in [0.15, 0.2) is 12.3 Å². The van der Waals surface area contributed by atoms with E-state index in [1.807, 2.05) is 0 Å². The lowest BCUT2D eigenvalue weighted by Crippen LogP contribution is -2.20. The Hall–Kier alpha value is -3.42. The third kappa shape index (κ3) is 4.42. The number of fused-ring (bicyclic) bond motifs is 1. The predicted molar refractivity (Wildman–Crippen MR) is 97.9 cm³/mol. The molecule has 160 valence electrons. The van der Waals surface area contributed by atoms with Gasteiger partial charge in [-0.2, -0.15) is 31.1 Å². The van der Waals surface area contributed by atoms with E-state index in [2.05, 4.69) is 14.8 Å². The molecule has 1 aromatic carbocycles. The number of hydrogen-bond donors (Lipinski definition) is 1. The topological polar surface area (TPSA) is 129 Å². The molecule has 0 atom stereocenters. The van der Waals surface area contributed by atoms with Gasteiger partial charge in [0.1, 0.15) is 5.69 Å². The largest absolute Gasteiger partial charge is 0.468 e. The maximum Gasteiger partial charge on any atom is 0.422 e. The first kappa shape index (κ1) is 21.3. The van der Waals surface area contributed by atoms with Gasteiger partial charge in [-0.3, -0.25) is 14.8 Å². The zero-order valence-electron chi connectivity index (χ0n) is 15.5. The number of halogens is 3. The summed E-state index contributed by atoms with van der Waals surface area (Å²) in [5.74, 6) is -0.363. The first-order valence-electron chi connectivity index (χ1n) is 8.21. The highest BCUT2D eigenvalue weighted by atomic mass is 32.2.